The van der Waals surface area contributed by atoms with Crippen molar-refractivity contribution in [1.29, 1.82) is 5.26 Å². The standard InChI is InChI=1S/C15H19NO3S/c16-13-15(11-5-2-1-3-8-12-17)20(18,19)14-9-6-4-7-10-14/h3-4,6-10,15,17H,1-2,5,11-12H2/b8-3+. The first-order chi connectivity index (χ1) is 9.62. The van der Waals surface area contributed by atoms with Gasteiger partial charge in [0.2, 0.25) is 0 Å². The van der Waals surface area contributed by atoms with Gasteiger partial charge in [-0.05, 0) is 31.4 Å². The Morgan fingerprint density at radius 3 is 2.50 bits per heavy atom. The molecule has 0 aliphatic rings. The zero-order valence-corrected chi connectivity index (χ0v) is 12.1. The Labute approximate surface area is 120 Å². The summed E-state index contributed by atoms with van der Waals surface area (Å²) in [5, 5.41) is 16.7. The molecule has 1 atom stereocenters. The van der Waals surface area contributed by atoms with E-state index in [1.165, 1.54) is 12.1 Å². The van der Waals surface area contributed by atoms with Gasteiger partial charge >= 0.3 is 0 Å². The van der Waals surface area contributed by atoms with Gasteiger partial charge in [0.05, 0.1) is 17.6 Å². The van der Waals surface area contributed by atoms with Gasteiger partial charge in [0.1, 0.15) is 0 Å². The number of allylic oxidation sites excluding steroid dienone is 1. The van der Waals surface area contributed by atoms with Gasteiger partial charge in [-0.25, -0.2) is 8.42 Å². The predicted molar refractivity (Wildman–Crippen MR) is 77.7 cm³/mol. The van der Waals surface area contributed by atoms with E-state index in [4.69, 9.17) is 10.4 Å². The molecule has 1 aromatic rings. The molecule has 1 N–H and O–H groups in total. The van der Waals surface area contributed by atoms with Crippen LogP contribution in [0.15, 0.2) is 47.4 Å². The molecule has 0 amide bonds. The Morgan fingerprint density at radius 2 is 1.90 bits per heavy atom. The molecule has 1 unspecified atom stereocenters. The Kier molecular flexibility index (Phi) is 6.99. The summed E-state index contributed by atoms with van der Waals surface area (Å²) in [6.45, 7) is 0.0171. The average molecular weight is 293 g/mol. The van der Waals surface area contributed by atoms with Crippen LogP contribution in [-0.2, 0) is 9.84 Å². The first kappa shape index (κ1) is 16.4. The largest absolute Gasteiger partial charge is 0.392 e. The van der Waals surface area contributed by atoms with Crippen LogP contribution in [0.1, 0.15) is 25.7 Å². The summed E-state index contributed by atoms with van der Waals surface area (Å²) in [5.41, 5.74) is 0. The molecular formula is C15H19NO3S. The molecule has 4 nitrogen and oxygen atoms in total. The third-order valence-electron chi connectivity index (χ3n) is 2.95. The van der Waals surface area contributed by atoms with E-state index in [-0.39, 0.29) is 11.5 Å². The molecule has 0 saturated heterocycles. The molecule has 0 radical (unpaired) electrons. The Balaban J connectivity index is 2.59. The van der Waals surface area contributed by atoms with Gasteiger partial charge in [-0.15, -0.1) is 0 Å². The number of hydrogen-bond acceptors (Lipinski definition) is 4. The molecule has 0 bridgehead atoms. The summed E-state index contributed by atoms with van der Waals surface area (Å²) >= 11 is 0. The van der Waals surface area contributed by atoms with Crippen molar-refractivity contribution in [3.8, 4) is 6.07 Å². The SMILES string of the molecule is N#CC(CCCC/C=C/CO)S(=O)(=O)c1ccccc1. The monoisotopic (exact) mass is 293 g/mol. The lowest BCUT2D eigenvalue weighted by atomic mass is 10.1. The number of sulfone groups is 1. The third-order valence-corrected chi connectivity index (χ3v) is 4.97. The number of nitriles is 1. The van der Waals surface area contributed by atoms with Crippen molar-refractivity contribution in [3.05, 3.63) is 42.5 Å². The second kappa shape index (κ2) is 8.51. The molecule has 0 saturated carbocycles. The molecule has 5 heteroatoms. The number of rotatable bonds is 8. The molecule has 0 fully saturated rings. The van der Waals surface area contributed by atoms with Crippen molar-refractivity contribution < 1.29 is 13.5 Å². The van der Waals surface area contributed by atoms with Crippen LogP contribution in [0.25, 0.3) is 0 Å². The highest BCUT2D eigenvalue weighted by atomic mass is 32.2. The number of aliphatic hydroxyl groups is 1. The minimum atomic E-state index is -3.57. The minimum Gasteiger partial charge on any atom is -0.392 e. The van der Waals surface area contributed by atoms with Gasteiger partial charge in [0.25, 0.3) is 0 Å². The van der Waals surface area contributed by atoms with Gasteiger partial charge in [0, 0.05) is 0 Å². The highest BCUT2D eigenvalue weighted by molar-refractivity contribution is 7.92. The van der Waals surface area contributed by atoms with E-state index >= 15 is 0 Å². The van der Waals surface area contributed by atoms with E-state index in [0.717, 1.165) is 12.8 Å². The second-order valence-electron chi connectivity index (χ2n) is 4.41. The molecule has 20 heavy (non-hydrogen) atoms. The summed E-state index contributed by atoms with van der Waals surface area (Å²) in [6, 6.07) is 9.98. The fourth-order valence-electron chi connectivity index (χ4n) is 1.85. The van der Waals surface area contributed by atoms with Crippen molar-refractivity contribution >= 4 is 9.84 Å². The number of unbranched alkanes of at least 4 members (excludes halogenated alkanes) is 2. The molecular weight excluding hydrogens is 274 g/mol. The predicted octanol–water partition coefficient (Wildman–Crippen LogP) is 2.46. The minimum absolute atomic E-state index is 0.0171. The van der Waals surface area contributed by atoms with Crippen LogP contribution >= 0.6 is 0 Å². The van der Waals surface area contributed by atoms with Crippen LogP contribution in [0.3, 0.4) is 0 Å². The number of benzene rings is 1. The molecule has 0 aliphatic carbocycles. The van der Waals surface area contributed by atoms with Crippen LogP contribution in [0.5, 0.6) is 0 Å². The van der Waals surface area contributed by atoms with E-state index in [1.54, 1.807) is 24.3 Å². The van der Waals surface area contributed by atoms with Crippen molar-refractivity contribution in [2.24, 2.45) is 0 Å². The van der Waals surface area contributed by atoms with Gasteiger partial charge in [-0.3, -0.25) is 0 Å². The van der Waals surface area contributed by atoms with E-state index in [2.05, 4.69) is 0 Å². The molecule has 0 spiro atoms. The Hall–Kier alpha value is -1.64. The van der Waals surface area contributed by atoms with Crippen LogP contribution in [0.2, 0.25) is 0 Å². The van der Waals surface area contributed by atoms with Gasteiger partial charge in [-0.1, -0.05) is 36.8 Å². The maximum atomic E-state index is 12.3. The van der Waals surface area contributed by atoms with Crippen LogP contribution < -0.4 is 0 Å². The molecule has 0 aliphatic heterocycles. The summed E-state index contributed by atoms with van der Waals surface area (Å²) in [5.74, 6) is 0. The van der Waals surface area contributed by atoms with E-state index < -0.39 is 15.1 Å². The molecule has 1 aromatic carbocycles. The van der Waals surface area contributed by atoms with Crippen LogP contribution in [0, 0.1) is 11.3 Å². The maximum Gasteiger partial charge on any atom is 0.194 e. The third kappa shape index (κ3) is 4.80. The van der Waals surface area contributed by atoms with Crippen LogP contribution in [0.4, 0.5) is 0 Å². The highest BCUT2D eigenvalue weighted by Gasteiger charge is 2.26. The molecule has 0 heterocycles. The van der Waals surface area contributed by atoms with Crippen molar-refractivity contribution in [1.82, 2.24) is 0 Å². The summed E-state index contributed by atoms with van der Waals surface area (Å²) in [4.78, 5) is 0.201. The summed E-state index contributed by atoms with van der Waals surface area (Å²) < 4.78 is 24.5. The topological polar surface area (TPSA) is 78.2 Å². The lowest BCUT2D eigenvalue weighted by Crippen LogP contribution is -2.19. The van der Waals surface area contributed by atoms with E-state index in [1.807, 2.05) is 12.1 Å². The van der Waals surface area contributed by atoms with E-state index in [9.17, 15) is 8.42 Å². The Morgan fingerprint density at radius 1 is 1.20 bits per heavy atom. The van der Waals surface area contributed by atoms with Gasteiger partial charge < -0.3 is 5.11 Å². The second-order valence-corrected chi connectivity index (χ2v) is 6.54. The maximum absolute atomic E-state index is 12.3. The highest BCUT2D eigenvalue weighted by Crippen LogP contribution is 2.19. The number of hydrogen-bond donors (Lipinski definition) is 1. The van der Waals surface area contributed by atoms with Crippen LogP contribution in [-0.4, -0.2) is 25.4 Å². The van der Waals surface area contributed by atoms with E-state index in [0.29, 0.717) is 12.8 Å². The molecule has 0 aromatic heterocycles. The lowest BCUT2D eigenvalue weighted by Gasteiger charge is -2.10. The smallest absolute Gasteiger partial charge is 0.194 e. The van der Waals surface area contributed by atoms with Gasteiger partial charge in [0.15, 0.2) is 15.1 Å². The number of nitrogens with zero attached hydrogens (tertiary/aromatic N) is 1. The van der Waals surface area contributed by atoms with Crippen molar-refractivity contribution in [3.63, 3.8) is 0 Å². The normalized spacial score (nSPS) is 13.2. The zero-order valence-electron chi connectivity index (χ0n) is 11.3. The van der Waals surface area contributed by atoms with Crippen molar-refractivity contribution in [2.75, 3.05) is 6.61 Å². The fourth-order valence-corrected chi connectivity index (χ4v) is 3.33. The van der Waals surface area contributed by atoms with Gasteiger partial charge in [-0.2, -0.15) is 5.26 Å². The Bertz CT molecular complexity index is 559. The first-order valence-corrected chi connectivity index (χ1v) is 8.12. The average Bonchev–Trinajstić information content (AvgIpc) is 2.47. The quantitative estimate of drug-likeness (QED) is 0.590. The lowest BCUT2D eigenvalue weighted by molar-refractivity contribution is 0.342. The number of aliphatic hydroxyl groups excluding tert-OH is 1. The zero-order chi connectivity index (χ0) is 14.8. The molecule has 108 valence electrons. The summed E-state index contributed by atoms with van der Waals surface area (Å²) in [6.07, 6.45) is 6.10. The first-order valence-electron chi connectivity index (χ1n) is 6.57. The fraction of sp³-hybridized carbons (Fsp3) is 0.400. The van der Waals surface area contributed by atoms with Crippen molar-refractivity contribution in [2.45, 2.75) is 35.8 Å². The molecule has 1 rings (SSSR count). The summed E-state index contributed by atoms with van der Waals surface area (Å²) in [7, 11) is -3.57.